The van der Waals surface area contributed by atoms with Gasteiger partial charge in [-0.25, -0.2) is 0 Å². The predicted octanol–water partition coefficient (Wildman–Crippen LogP) is 3.16. The van der Waals surface area contributed by atoms with Crippen molar-refractivity contribution in [3.8, 4) is 5.75 Å². The molecule has 1 atom stereocenters. The largest absolute Gasteiger partial charge is 0.493 e. The normalized spacial score (nSPS) is 16.8. The average Bonchev–Trinajstić information content (AvgIpc) is 2.79. The summed E-state index contributed by atoms with van der Waals surface area (Å²) in [6.45, 7) is 8.21. The third-order valence-electron chi connectivity index (χ3n) is 4.04. The van der Waals surface area contributed by atoms with E-state index in [2.05, 4.69) is 29.5 Å². The van der Waals surface area contributed by atoms with Crippen molar-refractivity contribution in [1.29, 1.82) is 0 Å². The topological polar surface area (TPSA) is 64.4 Å². The van der Waals surface area contributed by atoms with E-state index < -0.39 is 0 Å². The fraction of sp³-hybridized carbons (Fsp3) is 0.412. The number of rotatable bonds is 2. The van der Waals surface area contributed by atoms with Gasteiger partial charge in [-0.1, -0.05) is 22.9 Å². The van der Waals surface area contributed by atoms with Crippen molar-refractivity contribution in [2.75, 3.05) is 6.61 Å². The third kappa shape index (κ3) is 2.47. The second kappa shape index (κ2) is 5.48. The van der Waals surface area contributed by atoms with E-state index in [1.54, 1.807) is 13.8 Å². The molecule has 1 N–H and O–H groups in total. The summed E-state index contributed by atoms with van der Waals surface area (Å²) < 4.78 is 10.9. The number of nitrogens with one attached hydrogen (secondary N) is 1. The van der Waals surface area contributed by atoms with E-state index in [1.165, 1.54) is 5.56 Å². The van der Waals surface area contributed by atoms with Crippen molar-refractivity contribution < 1.29 is 14.1 Å². The molecule has 1 aromatic heterocycles. The molecule has 116 valence electrons. The molecule has 0 bridgehead atoms. The zero-order valence-electron chi connectivity index (χ0n) is 13.3. The van der Waals surface area contributed by atoms with Crippen LogP contribution < -0.4 is 10.1 Å². The molecule has 1 amide bonds. The lowest BCUT2D eigenvalue weighted by molar-refractivity contribution is 0.0922. The van der Waals surface area contributed by atoms with E-state index in [1.807, 2.05) is 6.92 Å². The van der Waals surface area contributed by atoms with Crippen LogP contribution in [-0.4, -0.2) is 17.7 Å². The van der Waals surface area contributed by atoms with Crippen molar-refractivity contribution in [3.05, 3.63) is 45.8 Å². The number of nitrogens with zero attached hydrogens (tertiary/aromatic N) is 1. The summed E-state index contributed by atoms with van der Waals surface area (Å²) in [7, 11) is 0. The van der Waals surface area contributed by atoms with Gasteiger partial charge in [0.25, 0.3) is 5.91 Å². The second-order valence-corrected chi connectivity index (χ2v) is 5.86. The highest BCUT2D eigenvalue weighted by Crippen LogP contribution is 2.36. The number of hydrogen-bond acceptors (Lipinski definition) is 4. The maximum Gasteiger partial charge on any atom is 0.257 e. The van der Waals surface area contributed by atoms with Gasteiger partial charge in [0, 0.05) is 12.0 Å². The maximum atomic E-state index is 12.5. The number of carbonyl (C=O) groups excluding carboxylic acids is 1. The van der Waals surface area contributed by atoms with Crippen molar-refractivity contribution in [2.45, 2.75) is 40.2 Å². The van der Waals surface area contributed by atoms with Gasteiger partial charge in [0.15, 0.2) is 0 Å². The third-order valence-corrected chi connectivity index (χ3v) is 4.04. The van der Waals surface area contributed by atoms with Crippen LogP contribution in [0.5, 0.6) is 5.75 Å². The van der Waals surface area contributed by atoms with E-state index in [0.29, 0.717) is 23.6 Å². The molecule has 0 spiro atoms. The molecule has 1 aliphatic heterocycles. The SMILES string of the molecule is Cc1cc(C)c2c(c1)[C@@H](NC(=O)c1c(C)noc1C)CCO2. The number of aromatic nitrogens is 1. The minimum Gasteiger partial charge on any atom is -0.493 e. The zero-order valence-corrected chi connectivity index (χ0v) is 13.3. The van der Waals surface area contributed by atoms with Gasteiger partial charge in [-0.15, -0.1) is 0 Å². The molecule has 5 heteroatoms. The van der Waals surface area contributed by atoms with Gasteiger partial charge >= 0.3 is 0 Å². The van der Waals surface area contributed by atoms with Gasteiger partial charge in [-0.3, -0.25) is 4.79 Å². The Morgan fingerprint density at radius 2 is 2.05 bits per heavy atom. The van der Waals surface area contributed by atoms with E-state index in [9.17, 15) is 4.79 Å². The molecular weight excluding hydrogens is 280 g/mol. The van der Waals surface area contributed by atoms with Crippen molar-refractivity contribution in [1.82, 2.24) is 10.5 Å². The minimum absolute atomic E-state index is 0.0523. The van der Waals surface area contributed by atoms with Crippen LogP contribution in [0.1, 0.15) is 51.0 Å². The summed E-state index contributed by atoms with van der Waals surface area (Å²) in [6.07, 6.45) is 0.755. The summed E-state index contributed by atoms with van der Waals surface area (Å²) in [6, 6.07) is 4.13. The first-order chi connectivity index (χ1) is 10.5. The molecule has 22 heavy (non-hydrogen) atoms. The van der Waals surface area contributed by atoms with E-state index in [4.69, 9.17) is 9.26 Å². The highest BCUT2D eigenvalue weighted by atomic mass is 16.5. The smallest absolute Gasteiger partial charge is 0.257 e. The molecule has 0 saturated heterocycles. The van der Waals surface area contributed by atoms with Crippen LogP contribution in [0, 0.1) is 27.7 Å². The molecule has 0 fully saturated rings. The van der Waals surface area contributed by atoms with E-state index in [0.717, 1.165) is 23.3 Å². The van der Waals surface area contributed by atoms with E-state index >= 15 is 0 Å². The molecule has 1 aromatic carbocycles. The lowest BCUT2D eigenvalue weighted by atomic mass is 9.95. The lowest BCUT2D eigenvalue weighted by Crippen LogP contribution is -2.33. The first kappa shape index (κ1) is 14.6. The Balaban J connectivity index is 1.91. The molecular formula is C17H20N2O3. The number of carbonyl (C=O) groups is 1. The summed E-state index contributed by atoms with van der Waals surface area (Å²) in [5.41, 5.74) is 4.45. The quantitative estimate of drug-likeness (QED) is 0.925. The Morgan fingerprint density at radius 1 is 1.27 bits per heavy atom. The van der Waals surface area contributed by atoms with Gasteiger partial charge < -0.3 is 14.6 Å². The minimum atomic E-state index is -0.145. The molecule has 3 rings (SSSR count). The van der Waals surface area contributed by atoms with Gasteiger partial charge in [-0.05, 0) is 33.3 Å². The fourth-order valence-corrected chi connectivity index (χ4v) is 3.07. The number of hydrogen-bond donors (Lipinski definition) is 1. The molecule has 0 unspecified atom stereocenters. The van der Waals surface area contributed by atoms with Crippen LogP contribution >= 0.6 is 0 Å². The van der Waals surface area contributed by atoms with Crippen LogP contribution in [0.4, 0.5) is 0 Å². The predicted molar refractivity (Wildman–Crippen MR) is 82.2 cm³/mol. The lowest BCUT2D eigenvalue weighted by Gasteiger charge is -2.28. The number of ether oxygens (including phenoxy) is 1. The molecule has 0 radical (unpaired) electrons. The van der Waals surface area contributed by atoms with Crippen LogP contribution in [-0.2, 0) is 0 Å². The van der Waals surface area contributed by atoms with Gasteiger partial charge in [-0.2, -0.15) is 0 Å². The Hall–Kier alpha value is -2.30. The first-order valence-electron chi connectivity index (χ1n) is 7.45. The Morgan fingerprint density at radius 3 is 2.73 bits per heavy atom. The molecule has 5 nitrogen and oxygen atoms in total. The van der Waals surface area contributed by atoms with Crippen LogP contribution in [0.15, 0.2) is 16.7 Å². The Kier molecular flexibility index (Phi) is 3.64. The number of fused-ring (bicyclic) bond motifs is 1. The summed E-state index contributed by atoms with van der Waals surface area (Å²) in [5.74, 6) is 1.29. The first-order valence-corrected chi connectivity index (χ1v) is 7.45. The summed E-state index contributed by atoms with van der Waals surface area (Å²) in [4.78, 5) is 12.5. The number of amides is 1. The van der Waals surface area contributed by atoms with E-state index in [-0.39, 0.29) is 11.9 Å². The van der Waals surface area contributed by atoms with Gasteiger partial charge in [0.2, 0.25) is 0 Å². The van der Waals surface area contributed by atoms with Crippen LogP contribution in [0.3, 0.4) is 0 Å². The summed E-state index contributed by atoms with van der Waals surface area (Å²) >= 11 is 0. The summed E-state index contributed by atoms with van der Waals surface area (Å²) in [5, 5.41) is 6.94. The number of benzene rings is 1. The Labute approximate surface area is 129 Å². The van der Waals surface area contributed by atoms with Crippen molar-refractivity contribution in [3.63, 3.8) is 0 Å². The monoisotopic (exact) mass is 300 g/mol. The molecule has 0 aliphatic carbocycles. The molecule has 1 aliphatic rings. The highest BCUT2D eigenvalue weighted by molar-refractivity contribution is 5.96. The molecule has 2 aromatic rings. The zero-order chi connectivity index (χ0) is 15.9. The van der Waals surface area contributed by atoms with Crippen molar-refractivity contribution in [2.24, 2.45) is 0 Å². The maximum absolute atomic E-state index is 12.5. The molecule has 2 heterocycles. The second-order valence-electron chi connectivity index (χ2n) is 5.86. The molecule has 0 saturated carbocycles. The van der Waals surface area contributed by atoms with Crippen LogP contribution in [0.2, 0.25) is 0 Å². The van der Waals surface area contributed by atoms with Gasteiger partial charge in [0.1, 0.15) is 17.1 Å². The fourth-order valence-electron chi connectivity index (χ4n) is 3.07. The number of aryl methyl sites for hydroxylation is 4. The van der Waals surface area contributed by atoms with Gasteiger partial charge in [0.05, 0.1) is 18.3 Å². The van der Waals surface area contributed by atoms with Crippen LogP contribution in [0.25, 0.3) is 0 Å². The Bertz CT molecular complexity index is 714. The average molecular weight is 300 g/mol. The highest BCUT2D eigenvalue weighted by Gasteiger charge is 2.27. The van der Waals surface area contributed by atoms with Crippen molar-refractivity contribution >= 4 is 5.91 Å². The standard InChI is InChI=1S/C17H20N2O3/c1-9-7-10(2)16-13(8-9)14(5-6-21-16)18-17(20)15-11(3)19-22-12(15)4/h7-8,14H,5-6H2,1-4H3,(H,18,20)/t14-/m0/s1.